The third kappa shape index (κ3) is 2.77. The average molecular weight is 236 g/mol. The van der Waals surface area contributed by atoms with Gasteiger partial charge in [0.1, 0.15) is 11.3 Å². The number of nitrogens with two attached hydrogens (primary N) is 1. The van der Waals surface area contributed by atoms with Crippen molar-refractivity contribution in [3.05, 3.63) is 29.8 Å². The lowest BCUT2D eigenvalue weighted by atomic mass is 9.86. The van der Waals surface area contributed by atoms with Gasteiger partial charge < -0.3 is 10.8 Å². The number of carbonyl (C=O) groups is 1. The molecule has 1 rings (SSSR count). The van der Waals surface area contributed by atoms with E-state index in [0.717, 1.165) is 18.5 Å². The number of carbonyl (C=O) groups excluding carboxylic acids is 1. The van der Waals surface area contributed by atoms with Crippen LogP contribution in [0.4, 0.5) is 0 Å². The predicted octanol–water partition coefficient (Wildman–Crippen LogP) is 1.48. The van der Waals surface area contributed by atoms with Crippen molar-refractivity contribution in [2.75, 3.05) is 6.54 Å². The van der Waals surface area contributed by atoms with Gasteiger partial charge in [-0.2, -0.15) is 0 Å². The van der Waals surface area contributed by atoms with Crippen LogP contribution in [0.2, 0.25) is 0 Å². The van der Waals surface area contributed by atoms with Crippen molar-refractivity contribution in [2.45, 2.75) is 32.2 Å². The SMILES string of the molecule is CCCNC(CC)(C(N)=O)c1ccc(O)cc1. The molecule has 0 aromatic heterocycles. The predicted molar refractivity (Wildman–Crippen MR) is 67.6 cm³/mol. The van der Waals surface area contributed by atoms with Gasteiger partial charge in [0, 0.05) is 0 Å². The maximum absolute atomic E-state index is 11.7. The Bertz CT molecular complexity index is 376. The molecule has 1 amide bonds. The number of hydrogen-bond acceptors (Lipinski definition) is 3. The molecule has 17 heavy (non-hydrogen) atoms. The second-order valence-electron chi connectivity index (χ2n) is 4.10. The maximum atomic E-state index is 11.7. The van der Waals surface area contributed by atoms with E-state index in [1.54, 1.807) is 24.3 Å². The monoisotopic (exact) mass is 236 g/mol. The molecule has 1 atom stereocenters. The molecular weight excluding hydrogens is 216 g/mol. The smallest absolute Gasteiger partial charge is 0.242 e. The Morgan fingerprint density at radius 1 is 1.35 bits per heavy atom. The first kappa shape index (κ1) is 13.5. The van der Waals surface area contributed by atoms with Gasteiger partial charge >= 0.3 is 0 Å². The van der Waals surface area contributed by atoms with E-state index in [1.165, 1.54) is 0 Å². The van der Waals surface area contributed by atoms with Crippen molar-refractivity contribution in [2.24, 2.45) is 5.73 Å². The fourth-order valence-electron chi connectivity index (χ4n) is 1.92. The van der Waals surface area contributed by atoms with Crippen LogP contribution < -0.4 is 11.1 Å². The molecule has 0 aliphatic carbocycles. The number of amides is 1. The second-order valence-corrected chi connectivity index (χ2v) is 4.10. The molecule has 0 heterocycles. The van der Waals surface area contributed by atoms with E-state index in [1.807, 2.05) is 13.8 Å². The van der Waals surface area contributed by atoms with E-state index in [-0.39, 0.29) is 11.7 Å². The number of nitrogens with one attached hydrogen (secondary N) is 1. The molecule has 0 fully saturated rings. The third-order valence-electron chi connectivity index (χ3n) is 2.99. The minimum absolute atomic E-state index is 0.179. The lowest BCUT2D eigenvalue weighted by Crippen LogP contribution is -2.52. The van der Waals surface area contributed by atoms with E-state index in [9.17, 15) is 9.90 Å². The summed E-state index contributed by atoms with van der Waals surface area (Å²) in [6.07, 6.45) is 1.50. The summed E-state index contributed by atoms with van der Waals surface area (Å²) in [6.45, 7) is 4.67. The summed E-state index contributed by atoms with van der Waals surface area (Å²) in [7, 11) is 0. The highest BCUT2D eigenvalue weighted by atomic mass is 16.3. The summed E-state index contributed by atoms with van der Waals surface area (Å²) in [4.78, 5) is 11.7. The Labute approximate surface area is 102 Å². The molecule has 0 saturated heterocycles. The zero-order valence-electron chi connectivity index (χ0n) is 10.4. The highest BCUT2D eigenvalue weighted by Crippen LogP contribution is 2.26. The van der Waals surface area contributed by atoms with Crippen LogP contribution in [-0.2, 0) is 10.3 Å². The van der Waals surface area contributed by atoms with Gasteiger partial charge in [-0.3, -0.25) is 10.1 Å². The Kier molecular flexibility index (Phi) is 4.52. The largest absolute Gasteiger partial charge is 0.508 e. The minimum atomic E-state index is -0.844. The van der Waals surface area contributed by atoms with Crippen LogP contribution in [0.1, 0.15) is 32.3 Å². The summed E-state index contributed by atoms with van der Waals surface area (Å²) in [5, 5.41) is 12.5. The number of hydrogen-bond donors (Lipinski definition) is 3. The number of aromatic hydroxyl groups is 1. The van der Waals surface area contributed by atoms with Crippen LogP contribution in [0.15, 0.2) is 24.3 Å². The van der Waals surface area contributed by atoms with Crippen molar-refractivity contribution >= 4 is 5.91 Å². The lowest BCUT2D eigenvalue weighted by molar-refractivity contribution is -0.125. The molecule has 0 spiro atoms. The Morgan fingerprint density at radius 3 is 2.35 bits per heavy atom. The molecule has 0 bridgehead atoms. The third-order valence-corrected chi connectivity index (χ3v) is 2.99. The van der Waals surface area contributed by atoms with Crippen LogP contribution in [0.5, 0.6) is 5.75 Å². The van der Waals surface area contributed by atoms with Crippen molar-refractivity contribution in [3.63, 3.8) is 0 Å². The topological polar surface area (TPSA) is 75.3 Å². The van der Waals surface area contributed by atoms with E-state index in [2.05, 4.69) is 5.32 Å². The fraction of sp³-hybridized carbons (Fsp3) is 0.462. The van der Waals surface area contributed by atoms with Crippen molar-refractivity contribution in [1.82, 2.24) is 5.32 Å². The molecule has 0 saturated carbocycles. The van der Waals surface area contributed by atoms with Gasteiger partial charge in [0.15, 0.2) is 0 Å². The maximum Gasteiger partial charge on any atom is 0.242 e. The van der Waals surface area contributed by atoms with Gasteiger partial charge in [0.05, 0.1) is 0 Å². The van der Waals surface area contributed by atoms with Gasteiger partial charge in [-0.1, -0.05) is 26.0 Å². The lowest BCUT2D eigenvalue weighted by Gasteiger charge is -2.31. The van der Waals surface area contributed by atoms with Crippen molar-refractivity contribution < 1.29 is 9.90 Å². The quantitative estimate of drug-likeness (QED) is 0.700. The van der Waals surface area contributed by atoms with E-state index in [0.29, 0.717) is 6.42 Å². The Hall–Kier alpha value is -1.55. The molecule has 94 valence electrons. The first-order chi connectivity index (χ1) is 8.06. The Morgan fingerprint density at radius 2 is 1.94 bits per heavy atom. The first-order valence-electron chi connectivity index (χ1n) is 5.91. The highest BCUT2D eigenvalue weighted by molar-refractivity contribution is 5.86. The molecule has 4 nitrogen and oxygen atoms in total. The fourth-order valence-corrected chi connectivity index (χ4v) is 1.92. The van der Waals surface area contributed by atoms with Gasteiger partial charge in [0.2, 0.25) is 5.91 Å². The summed E-state index contributed by atoms with van der Waals surface area (Å²) >= 11 is 0. The van der Waals surface area contributed by atoms with Crippen molar-refractivity contribution in [3.8, 4) is 5.75 Å². The summed E-state index contributed by atoms with van der Waals surface area (Å²) < 4.78 is 0. The summed E-state index contributed by atoms with van der Waals surface area (Å²) in [6, 6.07) is 6.59. The van der Waals surface area contributed by atoms with Crippen molar-refractivity contribution in [1.29, 1.82) is 0 Å². The Balaban J connectivity index is 3.12. The second kappa shape index (κ2) is 5.68. The zero-order valence-corrected chi connectivity index (χ0v) is 10.4. The summed E-state index contributed by atoms with van der Waals surface area (Å²) in [5.74, 6) is -0.210. The van der Waals surface area contributed by atoms with Gasteiger partial charge in [-0.15, -0.1) is 0 Å². The zero-order chi connectivity index (χ0) is 12.9. The molecule has 4 N–H and O–H groups in total. The van der Waals surface area contributed by atoms with Crippen LogP contribution in [0, 0.1) is 0 Å². The molecule has 0 radical (unpaired) electrons. The number of primary amides is 1. The van der Waals surface area contributed by atoms with Crippen LogP contribution in [0.3, 0.4) is 0 Å². The van der Waals surface area contributed by atoms with E-state index < -0.39 is 5.54 Å². The van der Waals surface area contributed by atoms with Crippen LogP contribution in [-0.4, -0.2) is 17.6 Å². The molecule has 0 aliphatic rings. The van der Waals surface area contributed by atoms with Gasteiger partial charge in [-0.25, -0.2) is 0 Å². The number of benzene rings is 1. The standard InChI is InChI=1S/C13H20N2O2/c1-3-9-15-13(4-2,12(14)17)10-5-7-11(16)8-6-10/h5-8,15-16H,3-4,9H2,1-2H3,(H2,14,17). The molecule has 1 aromatic carbocycles. The highest BCUT2D eigenvalue weighted by Gasteiger charge is 2.35. The number of phenols is 1. The first-order valence-corrected chi connectivity index (χ1v) is 5.91. The van der Waals surface area contributed by atoms with E-state index in [4.69, 9.17) is 5.73 Å². The molecule has 4 heteroatoms. The van der Waals surface area contributed by atoms with Gasteiger partial charge in [-0.05, 0) is 37.1 Å². The minimum Gasteiger partial charge on any atom is -0.508 e. The van der Waals surface area contributed by atoms with E-state index >= 15 is 0 Å². The van der Waals surface area contributed by atoms with Crippen LogP contribution >= 0.6 is 0 Å². The number of rotatable bonds is 6. The number of phenolic OH excluding ortho intramolecular Hbond substituents is 1. The van der Waals surface area contributed by atoms with Crippen LogP contribution in [0.25, 0.3) is 0 Å². The molecule has 1 aromatic rings. The van der Waals surface area contributed by atoms with Gasteiger partial charge in [0.25, 0.3) is 0 Å². The normalized spacial score (nSPS) is 14.2. The molecule has 0 aliphatic heterocycles. The molecule has 1 unspecified atom stereocenters. The average Bonchev–Trinajstić information content (AvgIpc) is 2.32. The summed E-state index contributed by atoms with van der Waals surface area (Å²) in [5.41, 5.74) is 5.48. The molecular formula is C13H20N2O2.